The van der Waals surface area contributed by atoms with E-state index in [9.17, 15) is 5.26 Å². The van der Waals surface area contributed by atoms with Gasteiger partial charge in [0.15, 0.2) is 0 Å². The molecule has 3 heteroatoms. The van der Waals surface area contributed by atoms with Crippen LogP contribution in [-0.2, 0) is 6.42 Å². The topological polar surface area (TPSA) is 42.2 Å². The smallest absolute Gasteiger partial charge is 0.123 e. The second-order valence-electron chi connectivity index (χ2n) is 5.53. The van der Waals surface area contributed by atoms with Crippen molar-refractivity contribution in [1.29, 1.82) is 5.26 Å². The van der Waals surface area contributed by atoms with Crippen LogP contribution < -0.4 is 9.47 Å². The standard InChI is InChI=1S/C20H23NO2/c1-4-16-7-5-6-8-19(16)23-12-11-17(14-21)18-13-15(2)9-10-20(18)22-3/h5-10,13,17H,4,11-12H2,1-3H3. The Labute approximate surface area is 138 Å². The second-order valence-corrected chi connectivity index (χ2v) is 5.53. The number of nitriles is 1. The molecule has 0 bridgehead atoms. The van der Waals surface area contributed by atoms with Crippen molar-refractivity contribution in [1.82, 2.24) is 0 Å². The normalized spacial score (nSPS) is 11.6. The van der Waals surface area contributed by atoms with Crippen molar-refractivity contribution in [2.24, 2.45) is 0 Å². The third-order valence-electron chi connectivity index (χ3n) is 3.93. The Bertz CT molecular complexity index is 688. The van der Waals surface area contributed by atoms with Gasteiger partial charge in [-0.1, -0.05) is 42.8 Å². The number of rotatable bonds is 7. The summed E-state index contributed by atoms with van der Waals surface area (Å²) in [7, 11) is 1.64. The zero-order valence-electron chi connectivity index (χ0n) is 14.0. The van der Waals surface area contributed by atoms with Gasteiger partial charge in [0.2, 0.25) is 0 Å². The largest absolute Gasteiger partial charge is 0.496 e. The van der Waals surface area contributed by atoms with E-state index in [2.05, 4.69) is 19.1 Å². The predicted molar refractivity (Wildman–Crippen MR) is 92.0 cm³/mol. The van der Waals surface area contributed by atoms with Gasteiger partial charge in [-0.15, -0.1) is 0 Å². The van der Waals surface area contributed by atoms with Crippen LogP contribution >= 0.6 is 0 Å². The van der Waals surface area contributed by atoms with E-state index in [0.717, 1.165) is 29.0 Å². The van der Waals surface area contributed by atoms with Crippen LogP contribution in [0.15, 0.2) is 42.5 Å². The quantitative estimate of drug-likeness (QED) is 0.748. The van der Waals surface area contributed by atoms with E-state index in [1.54, 1.807) is 7.11 Å². The highest BCUT2D eigenvalue weighted by atomic mass is 16.5. The van der Waals surface area contributed by atoms with Gasteiger partial charge < -0.3 is 9.47 Å². The summed E-state index contributed by atoms with van der Waals surface area (Å²) < 4.78 is 11.3. The van der Waals surface area contributed by atoms with Gasteiger partial charge in [-0.2, -0.15) is 5.26 Å². The molecule has 1 atom stereocenters. The molecule has 0 aromatic heterocycles. The van der Waals surface area contributed by atoms with Crippen LogP contribution in [0.25, 0.3) is 0 Å². The number of benzene rings is 2. The van der Waals surface area contributed by atoms with Gasteiger partial charge in [0.25, 0.3) is 0 Å². The van der Waals surface area contributed by atoms with Crippen LogP contribution in [0.4, 0.5) is 0 Å². The molecule has 2 aromatic rings. The molecule has 0 N–H and O–H groups in total. The number of nitrogens with zero attached hydrogens (tertiary/aromatic N) is 1. The number of ether oxygens (including phenoxy) is 2. The Morgan fingerprint density at radius 2 is 1.91 bits per heavy atom. The summed E-state index contributed by atoms with van der Waals surface area (Å²) in [4.78, 5) is 0. The Morgan fingerprint density at radius 1 is 1.13 bits per heavy atom. The van der Waals surface area contributed by atoms with E-state index in [0.29, 0.717) is 13.0 Å². The molecule has 2 aromatic carbocycles. The van der Waals surface area contributed by atoms with Crippen LogP contribution in [0.2, 0.25) is 0 Å². The molecule has 23 heavy (non-hydrogen) atoms. The van der Waals surface area contributed by atoms with Gasteiger partial charge in [0.05, 0.1) is 25.7 Å². The lowest BCUT2D eigenvalue weighted by Gasteiger charge is -2.16. The lowest BCUT2D eigenvalue weighted by molar-refractivity contribution is 0.301. The van der Waals surface area contributed by atoms with Crippen molar-refractivity contribution in [3.8, 4) is 17.6 Å². The molecule has 0 aliphatic rings. The van der Waals surface area contributed by atoms with Gasteiger partial charge >= 0.3 is 0 Å². The maximum absolute atomic E-state index is 9.53. The lowest BCUT2D eigenvalue weighted by atomic mass is 9.95. The molecule has 0 saturated carbocycles. The van der Waals surface area contributed by atoms with Gasteiger partial charge in [0, 0.05) is 12.0 Å². The van der Waals surface area contributed by atoms with E-state index in [1.807, 2.05) is 43.3 Å². The molecule has 0 aliphatic heterocycles. The van der Waals surface area contributed by atoms with E-state index >= 15 is 0 Å². The average molecular weight is 309 g/mol. The first-order chi connectivity index (χ1) is 11.2. The lowest BCUT2D eigenvalue weighted by Crippen LogP contribution is -2.07. The first-order valence-corrected chi connectivity index (χ1v) is 7.94. The van der Waals surface area contributed by atoms with Crippen LogP contribution in [0.1, 0.15) is 36.0 Å². The molecule has 0 saturated heterocycles. The third kappa shape index (κ3) is 4.26. The zero-order valence-corrected chi connectivity index (χ0v) is 14.0. The molecule has 0 aliphatic carbocycles. The summed E-state index contributed by atoms with van der Waals surface area (Å²) in [5, 5.41) is 9.53. The Hall–Kier alpha value is -2.47. The summed E-state index contributed by atoms with van der Waals surface area (Å²) in [6.45, 7) is 4.63. The maximum atomic E-state index is 9.53. The molecular formula is C20H23NO2. The van der Waals surface area contributed by atoms with E-state index in [4.69, 9.17) is 9.47 Å². The maximum Gasteiger partial charge on any atom is 0.123 e. The van der Waals surface area contributed by atoms with Crippen molar-refractivity contribution in [2.45, 2.75) is 32.6 Å². The summed E-state index contributed by atoms with van der Waals surface area (Å²) in [6.07, 6.45) is 1.57. The second kappa shape index (κ2) is 8.24. The van der Waals surface area contributed by atoms with Crippen LogP contribution in [0.5, 0.6) is 11.5 Å². The minimum Gasteiger partial charge on any atom is -0.496 e. The number of hydrogen-bond donors (Lipinski definition) is 0. The van der Waals surface area contributed by atoms with Gasteiger partial charge in [0.1, 0.15) is 11.5 Å². The molecule has 0 heterocycles. The Balaban J connectivity index is 2.06. The molecule has 3 nitrogen and oxygen atoms in total. The van der Waals surface area contributed by atoms with Crippen LogP contribution in [0, 0.1) is 18.3 Å². The minimum absolute atomic E-state index is 0.237. The number of methoxy groups -OCH3 is 1. The summed E-state index contributed by atoms with van der Waals surface area (Å²) in [5.41, 5.74) is 3.25. The van der Waals surface area contributed by atoms with Crippen molar-refractivity contribution >= 4 is 0 Å². The first-order valence-electron chi connectivity index (χ1n) is 7.94. The van der Waals surface area contributed by atoms with Gasteiger partial charge in [-0.3, -0.25) is 0 Å². The van der Waals surface area contributed by atoms with Crippen molar-refractivity contribution < 1.29 is 9.47 Å². The highest BCUT2D eigenvalue weighted by molar-refractivity contribution is 5.42. The van der Waals surface area contributed by atoms with Crippen LogP contribution in [-0.4, -0.2) is 13.7 Å². The SMILES string of the molecule is CCc1ccccc1OCCC(C#N)c1cc(C)ccc1OC. The fourth-order valence-corrected chi connectivity index (χ4v) is 2.64. The highest BCUT2D eigenvalue weighted by Gasteiger charge is 2.16. The average Bonchev–Trinajstić information content (AvgIpc) is 2.59. The molecule has 1 unspecified atom stereocenters. The Kier molecular flexibility index (Phi) is 6.05. The fraction of sp³-hybridized carbons (Fsp3) is 0.350. The first kappa shape index (κ1) is 16.9. The molecule has 0 radical (unpaired) electrons. The van der Waals surface area contributed by atoms with E-state index in [1.165, 1.54) is 5.56 Å². The molecule has 120 valence electrons. The molecule has 2 rings (SSSR count). The highest BCUT2D eigenvalue weighted by Crippen LogP contribution is 2.30. The molecule has 0 amide bonds. The number of aryl methyl sites for hydroxylation is 2. The van der Waals surface area contributed by atoms with E-state index in [-0.39, 0.29) is 5.92 Å². The Morgan fingerprint density at radius 3 is 2.61 bits per heavy atom. The number of para-hydroxylation sites is 1. The van der Waals surface area contributed by atoms with Crippen molar-refractivity contribution in [3.05, 3.63) is 59.2 Å². The third-order valence-corrected chi connectivity index (χ3v) is 3.93. The van der Waals surface area contributed by atoms with Crippen LogP contribution in [0.3, 0.4) is 0 Å². The number of hydrogen-bond acceptors (Lipinski definition) is 3. The monoisotopic (exact) mass is 309 g/mol. The fourth-order valence-electron chi connectivity index (χ4n) is 2.64. The van der Waals surface area contributed by atoms with Crippen molar-refractivity contribution in [2.75, 3.05) is 13.7 Å². The summed E-state index contributed by atoms with van der Waals surface area (Å²) in [5.74, 6) is 1.43. The molecule has 0 spiro atoms. The molecular weight excluding hydrogens is 286 g/mol. The summed E-state index contributed by atoms with van der Waals surface area (Å²) >= 11 is 0. The molecule has 0 fully saturated rings. The van der Waals surface area contributed by atoms with E-state index < -0.39 is 0 Å². The van der Waals surface area contributed by atoms with Gasteiger partial charge in [-0.25, -0.2) is 0 Å². The predicted octanol–water partition coefficient (Wildman–Crippen LogP) is 4.64. The van der Waals surface area contributed by atoms with Gasteiger partial charge in [-0.05, 0) is 31.0 Å². The zero-order chi connectivity index (χ0) is 16.7. The minimum atomic E-state index is -0.237. The summed E-state index contributed by atoms with van der Waals surface area (Å²) in [6, 6.07) is 16.3. The van der Waals surface area contributed by atoms with Crippen molar-refractivity contribution in [3.63, 3.8) is 0 Å².